The molecule has 208 valence electrons. The Bertz CT molecular complexity index is 1530. The van der Waals surface area contributed by atoms with Crippen LogP contribution in [0.4, 0.5) is 5.69 Å². The zero-order valence-electron chi connectivity index (χ0n) is 23.1. The van der Waals surface area contributed by atoms with E-state index in [-0.39, 0.29) is 22.2 Å². The maximum atomic E-state index is 13.8. The molecule has 0 spiro atoms. The SMILES string of the molecule is CCN(CC)c1ccc(C2N(C(C)=NS(=O)(=O)c3ccc(C)cc3)CCN2S(=O)(=O)c2ccc(C)cc2)cc1. The van der Waals surface area contributed by atoms with Gasteiger partial charge < -0.3 is 9.80 Å². The lowest BCUT2D eigenvalue weighted by Gasteiger charge is -2.31. The monoisotopic (exact) mass is 568 g/mol. The van der Waals surface area contributed by atoms with Crippen LogP contribution < -0.4 is 4.90 Å². The number of rotatable bonds is 8. The summed E-state index contributed by atoms with van der Waals surface area (Å²) in [4.78, 5) is 4.25. The maximum absolute atomic E-state index is 13.8. The summed E-state index contributed by atoms with van der Waals surface area (Å²) in [6.45, 7) is 11.8. The second-order valence-corrected chi connectivity index (χ2v) is 13.2. The zero-order chi connectivity index (χ0) is 28.4. The van der Waals surface area contributed by atoms with Crippen molar-refractivity contribution in [2.45, 2.75) is 50.6 Å². The largest absolute Gasteiger partial charge is 0.372 e. The van der Waals surface area contributed by atoms with Gasteiger partial charge in [0.05, 0.1) is 9.79 Å². The van der Waals surface area contributed by atoms with Crippen molar-refractivity contribution >= 4 is 31.6 Å². The van der Waals surface area contributed by atoms with Crippen LogP contribution in [0.15, 0.2) is 87.0 Å². The van der Waals surface area contributed by atoms with Gasteiger partial charge in [0.2, 0.25) is 10.0 Å². The molecule has 1 fully saturated rings. The summed E-state index contributed by atoms with van der Waals surface area (Å²) in [5.41, 5.74) is 3.68. The van der Waals surface area contributed by atoms with Crippen LogP contribution in [0.3, 0.4) is 0 Å². The van der Waals surface area contributed by atoms with Crippen molar-refractivity contribution in [3.63, 3.8) is 0 Å². The molecular formula is C29H36N4O4S2. The first-order chi connectivity index (χ1) is 18.5. The van der Waals surface area contributed by atoms with Gasteiger partial charge in [-0.05, 0) is 76.6 Å². The molecule has 1 heterocycles. The van der Waals surface area contributed by atoms with E-state index in [0.717, 1.165) is 35.5 Å². The maximum Gasteiger partial charge on any atom is 0.283 e. The van der Waals surface area contributed by atoms with Gasteiger partial charge in [0.15, 0.2) is 0 Å². The van der Waals surface area contributed by atoms with Crippen LogP contribution in [0.25, 0.3) is 0 Å². The molecular weight excluding hydrogens is 532 g/mol. The molecule has 4 rings (SSSR count). The highest BCUT2D eigenvalue weighted by Gasteiger charge is 2.42. The minimum atomic E-state index is -3.98. The van der Waals surface area contributed by atoms with Gasteiger partial charge in [0, 0.05) is 31.9 Å². The predicted molar refractivity (Wildman–Crippen MR) is 156 cm³/mol. The van der Waals surface area contributed by atoms with Crippen LogP contribution in [-0.2, 0) is 20.0 Å². The number of aryl methyl sites for hydroxylation is 2. The summed E-state index contributed by atoms with van der Waals surface area (Å²) in [6.07, 6.45) is -0.751. The molecule has 0 amide bonds. The molecule has 0 saturated carbocycles. The zero-order valence-corrected chi connectivity index (χ0v) is 24.7. The standard InChI is InChI=1S/C29H36N4O4S2/c1-6-31(7-2)26-14-12-25(13-15-26)29-32(24(5)30-38(34,35)27-16-8-22(3)9-17-27)20-21-33(29)39(36,37)28-18-10-23(4)11-19-28/h8-19,29H,6-7,20-21H2,1-5H3. The molecule has 1 aliphatic rings. The van der Waals surface area contributed by atoms with Crippen LogP contribution >= 0.6 is 0 Å². The third kappa shape index (κ3) is 6.03. The van der Waals surface area contributed by atoms with Crippen molar-refractivity contribution in [1.29, 1.82) is 0 Å². The van der Waals surface area contributed by atoms with Crippen LogP contribution in [0.2, 0.25) is 0 Å². The van der Waals surface area contributed by atoms with Gasteiger partial charge in [-0.1, -0.05) is 47.5 Å². The molecule has 10 heteroatoms. The van der Waals surface area contributed by atoms with Crippen molar-refractivity contribution in [3.05, 3.63) is 89.5 Å². The van der Waals surface area contributed by atoms with Crippen LogP contribution in [0.1, 0.15) is 43.6 Å². The summed E-state index contributed by atoms with van der Waals surface area (Å²) in [5.74, 6) is 0.231. The molecule has 1 unspecified atom stereocenters. The van der Waals surface area contributed by atoms with Crippen LogP contribution in [-0.4, -0.2) is 58.1 Å². The molecule has 0 aromatic heterocycles. The van der Waals surface area contributed by atoms with Gasteiger partial charge in [0.25, 0.3) is 10.0 Å². The molecule has 1 aliphatic heterocycles. The second-order valence-electron chi connectivity index (χ2n) is 9.69. The number of sulfonamides is 2. The highest BCUT2D eigenvalue weighted by molar-refractivity contribution is 7.90. The van der Waals surface area contributed by atoms with E-state index in [1.807, 2.05) is 38.1 Å². The Morgan fingerprint density at radius 1 is 0.795 bits per heavy atom. The van der Waals surface area contributed by atoms with E-state index in [0.29, 0.717) is 6.54 Å². The summed E-state index contributed by atoms with van der Waals surface area (Å²) in [6, 6.07) is 21.1. The van der Waals surface area contributed by atoms with E-state index in [4.69, 9.17) is 0 Å². The minimum Gasteiger partial charge on any atom is -0.372 e. The third-order valence-electron chi connectivity index (χ3n) is 7.06. The topological polar surface area (TPSA) is 90.4 Å². The molecule has 0 bridgehead atoms. The van der Waals surface area contributed by atoms with Crippen molar-refractivity contribution < 1.29 is 16.8 Å². The van der Waals surface area contributed by atoms with Crippen LogP contribution in [0, 0.1) is 13.8 Å². The fourth-order valence-electron chi connectivity index (χ4n) is 4.82. The number of benzene rings is 3. The molecule has 3 aromatic rings. The van der Waals surface area contributed by atoms with Crippen LogP contribution in [0.5, 0.6) is 0 Å². The van der Waals surface area contributed by atoms with Gasteiger partial charge in [0.1, 0.15) is 12.0 Å². The fourth-order valence-corrected chi connectivity index (χ4v) is 7.43. The molecule has 0 N–H and O–H groups in total. The molecule has 3 aromatic carbocycles. The third-order valence-corrected chi connectivity index (χ3v) is 10.3. The van der Waals surface area contributed by atoms with Crippen molar-refractivity contribution in [1.82, 2.24) is 9.21 Å². The average molecular weight is 569 g/mol. The van der Waals surface area contributed by atoms with Gasteiger partial charge >= 0.3 is 0 Å². The molecule has 1 saturated heterocycles. The van der Waals surface area contributed by atoms with Gasteiger partial charge in [-0.2, -0.15) is 12.7 Å². The lowest BCUT2D eigenvalue weighted by atomic mass is 10.1. The summed E-state index contributed by atoms with van der Waals surface area (Å²) in [7, 11) is -7.86. The Balaban J connectivity index is 1.77. The number of hydrogen-bond donors (Lipinski definition) is 0. The molecule has 0 aliphatic carbocycles. The van der Waals surface area contributed by atoms with Gasteiger partial charge in [-0.15, -0.1) is 4.40 Å². The van der Waals surface area contributed by atoms with E-state index in [9.17, 15) is 16.8 Å². The number of hydrogen-bond acceptors (Lipinski definition) is 5. The van der Waals surface area contributed by atoms with Gasteiger partial charge in [-0.3, -0.25) is 0 Å². The van der Waals surface area contributed by atoms with Crippen molar-refractivity contribution in [2.75, 3.05) is 31.1 Å². The fraction of sp³-hybridized carbons (Fsp3) is 0.345. The number of anilines is 1. The Labute approximate surface area is 232 Å². The Kier molecular flexibility index (Phi) is 8.48. The Morgan fingerprint density at radius 3 is 1.82 bits per heavy atom. The second kappa shape index (κ2) is 11.5. The molecule has 1 atom stereocenters. The van der Waals surface area contributed by atoms with Gasteiger partial charge in [-0.25, -0.2) is 8.42 Å². The van der Waals surface area contributed by atoms with E-state index in [1.165, 1.54) is 16.4 Å². The quantitative estimate of drug-likeness (QED) is 0.282. The highest BCUT2D eigenvalue weighted by Crippen LogP contribution is 2.36. The van der Waals surface area contributed by atoms with Crippen molar-refractivity contribution in [3.8, 4) is 0 Å². The summed E-state index contributed by atoms with van der Waals surface area (Å²) >= 11 is 0. The number of amidine groups is 1. The average Bonchev–Trinajstić information content (AvgIpc) is 3.37. The van der Waals surface area contributed by atoms with E-state index >= 15 is 0 Å². The highest BCUT2D eigenvalue weighted by atomic mass is 32.2. The van der Waals surface area contributed by atoms with E-state index in [2.05, 4.69) is 23.1 Å². The minimum absolute atomic E-state index is 0.0934. The summed E-state index contributed by atoms with van der Waals surface area (Å²) < 4.78 is 59.5. The van der Waals surface area contributed by atoms with E-state index in [1.54, 1.807) is 48.2 Å². The Morgan fingerprint density at radius 2 is 1.31 bits per heavy atom. The van der Waals surface area contributed by atoms with E-state index < -0.39 is 26.2 Å². The summed E-state index contributed by atoms with van der Waals surface area (Å²) in [5, 5.41) is 0. The first-order valence-corrected chi connectivity index (χ1v) is 15.9. The molecule has 0 radical (unpaired) electrons. The smallest absolute Gasteiger partial charge is 0.283 e. The van der Waals surface area contributed by atoms with Crippen molar-refractivity contribution in [2.24, 2.45) is 4.40 Å². The molecule has 39 heavy (non-hydrogen) atoms. The molecule has 8 nitrogen and oxygen atoms in total. The normalized spacial score (nSPS) is 17.0. The number of nitrogens with zero attached hydrogens (tertiary/aromatic N) is 4. The predicted octanol–water partition coefficient (Wildman–Crippen LogP) is 4.96. The first kappa shape index (κ1) is 28.8. The lowest BCUT2D eigenvalue weighted by Crippen LogP contribution is -2.37. The first-order valence-electron chi connectivity index (χ1n) is 13.1. The Hall–Kier alpha value is -3.21. The lowest BCUT2D eigenvalue weighted by molar-refractivity contribution is 0.284.